The van der Waals surface area contributed by atoms with Crippen LogP contribution in [0.15, 0.2) is 12.1 Å². The molecule has 1 amide bonds. The van der Waals surface area contributed by atoms with Crippen molar-refractivity contribution >= 4 is 51.1 Å². The lowest BCUT2D eigenvalue weighted by molar-refractivity contribution is -0.121. The molecule has 0 unspecified atom stereocenters. The highest BCUT2D eigenvalue weighted by Crippen LogP contribution is 2.27. The molecule has 0 radical (unpaired) electrons. The Labute approximate surface area is 173 Å². The van der Waals surface area contributed by atoms with Crippen molar-refractivity contribution in [2.45, 2.75) is 77.7 Å². The largest absolute Gasteiger partial charge is 0.506 e. The molecule has 1 rings (SSSR count). The van der Waals surface area contributed by atoms with Gasteiger partial charge in [-0.1, -0.05) is 58.3 Å². The van der Waals surface area contributed by atoms with Crippen molar-refractivity contribution in [3.05, 3.63) is 24.8 Å². The van der Waals surface area contributed by atoms with Crippen LogP contribution >= 0.6 is 45.2 Å². The summed E-state index contributed by atoms with van der Waals surface area (Å²) >= 11 is 4.22. The number of benzene rings is 1. The van der Waals surface area contributed by atoms with Crippen LogP contribution in [0.2, 0.25) is 0 Å². The smallest absolute Gasteiger partial charge is 0.220 e. The van der Waals surface area contributed by atoms with Crippen LogP contribution < -0.4 is 5.32 Å². The number of phenolic OH excluding ortho intramolecular Hbond substituents is 1. The van der Waals surface area contributed by atoms with Crippen molar-refractivity contribution in [1.29, 1.82) is 0 Å². The van der Waals surface area contributed by atoms with Gasteiger partial charge in [-0.3, -0.25) is 4.79 Å². The molecule has 0 aliphatic carbocycles. The Morgan fingerprint density at radius 3 is 2.00 bits per heavy atom. The SMILES string of the molecule is CCCCCCCCCCCC(=O)NCc1cc(I)c(O)c(I)c1. The molecule has 0 saturated heterocycles. The van der Waals surface area contributed by atoms with Gasteiger partial charge < -0.3 is 10.4 Å². The molecule has 0 heterocycles. The van der Waals surface area contributed by atoms with E-state index < -0.39 is 0 Å². The zero-order valence-electron chi connectivity index (χ0n) is 14.5. The predicted octanol–water partition coefficient (Wildman–Crippen LogP) is 6.14. The molecule has 0 bridgehead atoms. The van der Waals surface area contributed by atoms with E-state index in [1.165, 1.54) is 44.9 Å². The first-order chi connectivity index (χ1) is 11.5. The Kier molecular flexibility index (Phi) is 12.1. The lowest BCUT2D eigenvalue weighted by Crippen LogP contribution is -2.22. The third kappa shape index (κ3) is 9.44. The average molecular weight is 557 g/mol. The number of nitrogens with one attached hydrogen (secondary N) is 1. The lowest BCUT2D eigenvalue weighted by Gasteiger charge is -2.08. The molecule has 0 fully saturated rings. The van der Waals surface area contributed by atoms with Crippen LogP contribution in [0.1, 0.15) is 76.7 Å². The standard InChI is InChI=1S/C19H29I2NO2/c1-2-3-4-5-6-7-8-9-10-11-18(23)22-14-15-12-16(20)19(24)17(21)13-15/h12-13,24H,2-11,14H2,1H3,(H,22,23). The van der Waals surface area contributed by atoms with E-state index in [1.807, 2.05) is 12.1 Å². The van der Waals surface area contributed by atoms with Crippen molar-refractivity contribution in [1.82, 2.24) is 5.32 Å². The molecule has 2 N–H and O–H groups in total. The summed E-state index contributed by atoms with van der Waals surface area (Å²) in [7, 11) is 0. The van der Waals surface area contributed by atoms with Gasteiger partial charge in [0.25, 0.3) is 0 Å². The third-order valence-electron chi connectivity index (χ3n) is 4.07. The van der Waals surface area contributed by atoms with Crippen LogP contribution in [-0.4, -0.2) is 11.0 Å². The molecule has 0 aliphatic heterocycles. The number of hydrogen-bond donors (Lipinski definition) is 2. The van der Waals surface area contributed by atoms with E-state index in [0.717, 1.165) is 25.5 Å². The van der Waals surface area contributed by atoms with Gasteiger partial charge >= 0.3 is 0 Å². The van der Waals surface area contributed by atoms with Crippen LogP contribution in [0, 0.1) is 7.14 Å². The third-order valence-corrected chi connectivity index (χ3v) is 5.72. The summed E-state index contributed by atoms with van der Waals surface area (Å²) < 4.78 is 1.64. The predicted molar refractivity (Wildman–Crippen MR) is 117 cm³/mol. The van der Waals surface area contributed by atoms with Gasteiger partial charge in [-0.15, -0.1) is 0 Å². The molecule has 0 spiro atoms. The van der Waals surface area contributed by atoms with Gasteiger partial charge in [0.1, 0.15) is 5.75 Å². The number of carbonyl (C=O) groups is 1. The molecule has 3 nitrogen and oxygen atoms in total. The van der Waals surface area contributed by atoms with Crippen LogP contribution in [0.4, 0.5) is 0 Å². The molecule has 136 valence electrons. The van der Waals surface area contributed by atoms with E-state index in [-0.39, 0.29) is 5.91 Å². The summed E-state index contributed by atoms with van der Waals surface area (Å²) in [5.41, 5.74) is 1.03. The van der Waals surface area contributed by atoms with Crippen molar-refractivity contribution in [3.8, 4) is 5.75 Å². The lowest BCUT2D eigenvalue weighted by atomic mass is 10.1. The monoisotopic (exact) mass is 557 g/mol. The normalized spacial score (nSPS) is 10.8. The molecule has 1 aromatic rings. The zero-order chi connectivity index (χ0) is 17.8. The van der Waals surface area contributed by atoms with Gasteiger partial charge in [-0.25, -0.2) is 0 Å². The molecule has 0 aliphatic rings. The second-order valence-corrected chi connectivity index (χ2v) is 8.59. The molecular weight excluding hydrogens is 528 g/mol. The van der Waals surface area contributed by atoms with E-state index in [4.69, 9.17) is 0 Å². The average Bonchev–Trinajstić information content (AvgIpc) is 2.56. The second-order valence-electron chi connectivity index (χ2n) is 6.26. The number of amides is 1. The fourth-order valence-electron chi connectivity index (χ4n) is 2.61. The Bertz CT molecular complexity index is 483. The van der Waals surface area contributed by atoms with Gasteiger partial charge in [0.05, 0.1) is 7.14 Å². The maximum atomic E-state index is 11.9. The minimum absolute atomic E-state index is 0.121. The highest BCUT2D eigenvalue weighted by atomic mass is 127. The number of phenols is 1. The second kappa shape index (κ2) is 13.2. The van der Waals surface area contributed by atoms with E-state index in [2.05, 4.69) is 57.4 Å². The molecule has 0 aromatic heterocycles. The molecular formula is C19H29I2NO2. The fourth-order valence-corrected chi connectivity index (χ4v) is 4.50. The van der Waals surface area contributed by atoms with Gasteiger partial charge in [-0.05, 0) is 69.3 Å². The van der Waals surface area contributed by atoms with Crippen LogP contribution in [-0.2, 0) is 11.3 Å². The van der Waals surface area contributed by atoms with Gasteiger partial charge in [0.15, 0.2) is 0 Å². The number of carbonyl (C=O) groups excluding carboxylic acids is 1. The van der Waals surface area contributed by atoms with Crippen molar-refractivity contribution in [3.63, 3.8) is 0 Å². The number of unbranched alkanes of at least 4 members (excludes halogenated alkanes) is 8. The molecule has 0 atom stereocenters. The minimum atomic E-state index is 0.121. The highest BCUT2D eigenvalue weighted by molar-refractivity contribution is 14.1. The van der Waals surface area contributed by atoms with Crippen molar-refractivity contribution in [2.24, 2.45) is 0 Å². The van der Waals surface area contributed by atoms with Crippen LogP contribution in [0.3, 0.4) is 0 Å². The van der Waals surface area contributed by atoms with E-state index >= 15 is 0 Å². The van der Waals surface area contributed by atoms with E-state index in [9.17, 15) is 9.90 Å². The maximum absolute atomic E-state index is 11.9. The Hall–Kier alpha value is -0.0500. The number of rotatable bonds is 12. The quantitative estimate of drug-likeness (QED) is 0.240. The summed E-state index contributed by atoms with van der Waals surface area (Å²) in [5.74, 6) is 0.442. The topological polar surface area (TPSA) is 49.3 Å². The molecule has 1 aromatic carbocycles. The number of halogens is 2. The van der Waals surface area contributed by atoms with E-state index in [1.54, 1.807) is 0 Å². The molecule has 5 heteroatoms. The number of aromatic hydroxyl groups is 1. The van der Waals surface area contributed by atoms with Crippen molar-refractivity contribution in [2.75, 3.05) is 0 Å². The van der Waals surface area contributed by atoms with Gasteiger partial charge in [0, 0.05) is 13.0 Å². The first-order valence-corrected chi connectivity index (χ1v) is 11.1. The Morgan fingerprint density at radius 1 is 0.958 bits per heavy atom. The summed E-state index contributed by atoms with van der Waals surface area (Å²) in [6.45, 7) is 2.77. The number of hydrogen-bond acceptors (Lipinski definition) is 2. The zero-order valence-corrected chi connectivity index (χ0v) is 18.9. The van der Waals surface area contributed by atoms with Crippen LogP contribution in [0.25, 0.3) is 0 Å². The molecule has 0 saturated carbocycles. The summed E-state index contributed by atoms with van der Waals surface area (Å²) in [6.07, 6.45) is 12.0. The first kappa shape index (κ1) is 22.0. The summed E-state index contributed by atoms with van der Waals surface area (Å²) in [5, 5.41) is 12.7. The first-order valence-electron chi connectivity index (χ1n) is 8.98. The maximum Gasteiger partial charge on any atom is 0.220 e. The highest BCUT2D eigenvalue weighted by Gasteiger charge is 2.07. The van der Waals surface area contributed by atoms with Gasteiger partial charge in [0.2, 0.25) is 5.91 Å². The fraction of sp³-hybridized carbons (Fsp3) is 0.632. The Morgan fingerprint density at radius 2 is 1.46 bits per heavy atom. The van der Waals surface area contributed by atoms with Crippen LogP contribution in [0.5, 0.6) is 5.75 Å². The summed E-state index contributed by atoms with van der Waals surface area (Å²) in [4.78, 5) is 11.9. The molecule has 24 heavy (non-hydrogen) atoms. The van der Waals surface area contributed by atoms with Gasteiger partial charge in [-0.2, -0.15) is 0 Å². The van der Waals surface area contributed by atoms with Crippen molar-refractivity contribution < 1.29 is 9.90 Å². The van der Waals surface area contributed by atoms with E-state index in [0.29, 0.717) is 18.7 Å². The Balaban J connectivity index is 2.08. The summed E-state index contributed by atoms with van der Waals surface area (Å²) in [6, 6.07) is 3.83. The minimum Gasteiger partial charge on any atom is -0.506 e.